The van der Waals surface area contributed by atoms with E-state index in [1.165, 1.54) is 17.0 Å². The van der Waals surface area contributed by atoms with Crippen molar-refractivity contribution in [1.29, 1.82) is 0 Å². The second-order valence-corrected chi connectivity index (χ2v) is 11.2. The van der Waals surface area contributed by atoms with E-state index in [9.17, 15) is 23.6 Å². The Morgan fingerprint density at radius 1 is 0.951 bits per heavy atom. The molecule has 2 aromatic rings. The summed E-state index contributed by atoms with van der Waals surface area (Å²) in [6, 6.07) is 13.3. The summed E-state index contributed by atoms with van der Waals surface area (Å²) >= 11 is 0. The van der Waals surface area contributed by atoms with Crippen LogP contribution in [0.15, 0.2) is 67.0 Å². The number of hydrogen-bond acceptors (Lipinski definition) is 5. The van der Waals surface area contributed by atoms with E-state index in [4.69, 9.17) is 0 Å². The molecule has 0 aromatic heterocycles. The summed E-state index contributed by atoms with van der Waals surface area (Å²) in [6.45, 7) is 7.19. The van der Waals surface area contributed by atoms with Crippen molar-refractivity contribution in [3.63, 3.8) is 0 Å². The molecule has 10 heteroatoms. The van der Waals surface area contributed by atoms with Gasteiger partial charge in [-0.25, -0.2) is 4.39 Å². The van der Waals surface area contributed by atoms with Crippen molar-refractivity contribution in [2.75, 3.05) is 20.1 Å². The van der Waals surface area contributed by atoms with Gasteiger partial charge in [0.05, 0.1) is 12.6 Å². The molecule has 3 N–H and O–H groups in total. The van der Waals surface area contributed by atoms with E-state index >= 15 is 0 Å². The van der Waals surface area contributed by atoms with E-state index < -0.39 is 41.2 Å². The van der Waals surface area contributed by atoms with Gasteiger partial charge in [0.2, 0.25) is 23.6 Å². The number of likely N-dealkylation sites (N-methyl/N-ethyl adjacent to an activating group) is 1. The third-order valence-electron chi connectivity index (χ3n) is 7.08. The Kier molecular flexibility index (Phi) is 10.8. The Morgan fingerprint density at radius 2 is 1.61 bits per heavy atom. The van der Waals surface area contributed by atoms with E-state index in [-0.39, 0.29) is 24.8 Å². The Balaban J connectivity index is 1.75. The van der Waals surface area contributed by atoms with Crippen molar-refractivity contribution < 1.29 is 23.6 Å². The lowest BCUT2D eigenvalue weighted by Crippen LogP contribution is -2.58. The van der Waals surface area contributed by atoms with E-state index in [0.717, 1.165) is 5.56 Å². The van der Waals surface area contributed by atoms with Crippen LogP contribution in [0.3, 0.4) is 0 Å². The van der Waals surface area contributed by atoms with Crippen LogP contribution < -0.4 is 16.0 Å². The van der Waals surface area contributed by atoms with Crippen LogP contribution in [-0.2, 0) is 32.0 Å². The van der Waals surface area contributed by atoms with Gasteiger partial charge in [-0.05, 0) is 49.1 Å². The van der Waals surface area contributed by atoms with Crippen LogP contribution in [0.2, 0.25) is 0 Å². The monoisotopic (exact) mass is 565 g/mol. The fourth-order valence-electron chi connectivity index (χ4n) is 4.44. The summed E-state index contributed by atoms with van der Waals surface area (Å²) in [5.74, 6) is -2.00. The molecule has 0 spiro atoms. The highest BCUT2D eigenvalue weighted by Crippen LogP contribution is 2.21. The molecule has 220 valence electrons. The van der Waals surface area contributed by atoms with Gasteiger partial charge in [0.1, 0.15) is 17.9 Å². The first-order chi connectivity index (χ1) is 19.4. The molecule has 0 unspecified atom stereocenters. The summed E-state index contributed by atoms with van der Waals surface area (Å²) in [6.07, 6.45) is 3.93. The predicted octanol–water partition coefficient (Wildman–Crippen LogP) is 2.38. The average molecular weight is 566 g/mol. The van der Waals surface area contributed by atoms with Gasteiger partial charge in [-0.3, -0.25) is 19.2 Å². The number of hydrogen-bond donors (Lipinski definition) is 3. The Hall–Kier alpha value is -4.05. The molecule has 0 saturated carbocycles. The summed E-state index contributed by atoms with van der Waals surface area (Å²) in [5.41, 5.74) is 1.15. The highest BCUT2D eigenvalue weighted by atomic mass is 19.1. The minimum absolute atomic E-state index is 0.174. The molecule has 3 rings (SSSR count). The van der Waals surface area contributed by atoms with Gasteiger partial charge in [0.25, 0.3) is 0 Å². The smallest absolute Gasteiger partial charge is 0.250 e. The summed E-state index contributed by atoms with van der Waals surface area (Å²) in [7, 11) is 1.65. The third kappa shape index (κ3) is 8.72. The zero-order valence-electron chi connectivity index (χ0n) is 24.3. The molecule has 1 aliphatic rings. The van der Waals surface area contributed by atoms with Crippen molar-refractivity contribution in [2.24, 2.45) is 5.41 Å². The van der Waals surface area contributed by atoms with Gasteiger partial charge >= 0.3 is 0 Å². The molecule has 2 aromatic carbocycles. The zero-order valence-corrected chi connectivity index (χ0v) is 24.3. The topological polar surface area (TPSA) is 111 Å². The molecule has 0 bridgehead atoms. The molecule has 3 atom stereocenters. The molecule has 0 radical (unpaired) electrons. The lowest BCUT2D eigenvalue weighted by Gasteiger charge is -2.36. The summed E-state index contributed by atoms with van der Waals surface area (Å²) in [5, 5.41) is 8.23. The molecular formula is C31H40FN5O4. The first-order valence-corrected chi connectivity index (χ1v) is 13.7. The number of carbonyl (C=O) groups is 4. The minimum Gasteiger partial charge on any atom is -0.345 e. The van der Waals surface area contributed by atoms with Gasteiger partial charge < -0.3 is 25.8 Å². The fourth-order valence-corrected chi connectivity index (χ4v) is 4.44. The van der Waals surface area contributed by atoms with Crippen molar-refractivity contribution in [3.05, 3.63) is 83.9 Å². The van der Waals surface area contributed by atoms with Crippen LogP contribution in [0.4, 0.5) is 4.39 Å². The summed E-state index contributed by atoms with van der Waals surface area (Å²) in [4.78, 5) is 55.4. The molecule has 9 nitrogen and oxygen atoms in total. The average Bonchev–Trinajstić information content (AvgIpc) is 2.95. The lowest BCUT2D eigenvalue weighted by molar-refractivity contribution is -0.143. The van der Waals surface area contributed by atoms with Crippen molar-refractivity contribution >= 4 is 23.6 Å². The number of benzene rings is 2. The Labute approximate surface area is 241 Å². The third-order valence-corrected chi connectivity index (χ3v) is 7.08. The van der Waals surface area contributed by atoms with Crippen LogP contribution in [0.1, 0.15) is 38.8 Å². The lowest BCUT2D eigenvalue weighted by atomic mass is 9.86. The largest absolute Gasteiger partial charge is 0.345 e. The molecule has 41 heavy (non-hydrogen) atoms. The SMILES string of the molecule is CN[C@@H](C)C(=O)N[C@H](C(=O)NCC(=O)N1C=CN(CCc2ccccc2)C(=O)[C@@H]1Cc1ccc(F)cc1)C(C)(C)C. The van der Waals surface area contributed by atoms with E-state index in [2.05, 4.69) is 16.0 Å². The number of amides is 4. The first kappa shape index (κ1) is 31.5. The van der Waals surface area contributed by atoms with Crippen molar-refractivity contribution in [1.82, 2.24) is 25.8 Å². The molecular weight excluding hydrogens is 525 g/mol. The van der Waals surface area contributed by atoms with Crippen molar-refractivity contribution in [2.45, 2.75) is 58.7 Å². The fraction of sp³-hybridized carbons (Fsp3) is 0.419. The Bertz CT molecular complexity index is 1240. The Morgan fingerprint density at radius 3 is 2.22 bits per heavy atom. The minimum atomic E-state index is -0.888. The number of rotatable bonds is 11. The van der Waals surface area contributed by atoms with Crippen LogP contribution in [0.5, 0.6) is 0 Å². The summed E-state index contributed by atoms with van der Waals surface area (Å²) < 4.78 is 13.5. The number of nitrogens with one attached hydrogen (secondary N) is 3. The van der Waals surface area contributed by atoms with E-state index in [1.54, 1.807) is 43.4 Å². The van der Waals surface area contributed by atoms with Crippen LogP contribution in [-0.4, -0.2) is 71.7 Å². The molecule has 1 aliphatic heterocycles. The number of nitrogens with zero attached hydrogens (tertiary/aromatic N) is 2. The van der Waals surface area contributed by atoms with Crippen molar-refractivity contribution in [3.8, 4) is 0 Å². The van der Waals surface area contributed by atoms with Crippen LogP contribution in [0, 0.1) is 11.2 Å². The molecule has 0 aliphatic carbocycles. The number of halogens is 1. The van der Waals surface area contributed by atoms with Gasteiger partial charge in [-0.15, -0.1) is 0 Å². The van der Waals surface area contributed by atoms with Crippen LogP contribution in [0.25, 0.3) is 0 Å². The molecule has 4 amide bonds. The second-order valence-electron chi connectivity index (χ2n) is 11.2. The standard InChI is InChI=1S/C31H40FN5O4/c1-21(33-5)28(39)35-27(31(2,3)4)29(40)34-20-26(38)37-18-17-36(16-15-22-9-7-6-8-10-22)30(41)25(37)19-23-11-13-24(32)14-12-23/h6-14,17-18,21,25,27,33H,15-16,19-20H2,1-5H3,(H,34,40)(H,35,39)/t21-,25-,27+/m0/s1. The quantitative estimate of drug-likeness (QED) is 0.388. The molecule has 0 fully saturated rings. The maximum atomic E-state index is 13.6. The van der Waals surface area contributed by atoms with Gasteiger partial charge in [0, 0.05) is 25.4 Å². The second kappa shape index (κ2) is 14.0. The molecule has 1 heterocycles. The van der Waals surface area contributed by atoms with E-state index in [1.807, 2.05) is 51.1 Å². The maximum absolute atomic E-state index is 13.6. The zero-order chi connectivity index (χ0) is 30.2. The first-order valence-electron chi connectivity index (χ1n) is 13.7. The molecule has 0 saturated heterocycles. The maximum Gasteiger partial charge on any atom is 0.250 e. The predicted molar refractivity (Wildman–Crippen MR) is 155 cm³/mol. The van der Waals surface area contributed by atoms with Gasteiger partial charge in [-0.1, -0.05) is 63.2 Å². The van der Waals surface area contributed by atoms with Crippen LogP contribution >= 0.6 is 0 Å². The van der Waals surface area contributed by atoms with E-state index in [0.29, 0.717) is 18.5 Å². The normalized spacial score (nSPS) is 16.7. The highest BCUT2D eigenvalue weighted by Gasteiger charge is 2.37. The van der Waals surface area contributed by atoms with Gasteiger partial charge in [0.15, 0.2) is 0 Å². The number of carbonyl (C=O) groups excluding carboxylic acids is 4. The highest BCUT2D eigenvalue weighted by molar-refractivity contribution is 5.94. The van der Waals surface area contributed by atoms with Gasteiger partial charge in [-0.2, -0.15) is 0 Å².